The molecule has 5 rings (SSSR count). The Labute approximate surface area is 183 Å². The van der Waals surface area contributed by atoms with Crippen molar-refractivity contribution in [1.82, 2.24) is 24.7 Å². The van der Waals surface area contributed by atoms with Gasteiger partial charge in [-0.1, -0.05) is 0 Å². The molecule has 2 unspecified atom stereocenters. The number of piperidine rings is 1. The molecule has 1 aromatic heterocycles. The lowest BCUT2D eigenvalue weighted by atomic mass is 10.1. The van der Waals surface area contributed by atoms with Crippen molar-refractivity contribution in [2.45, 2.75) is 12.6 Å². The van der Waals surface area contributed by atoms with E-state index in [9.17, 15) is 18.4 Å². The summed E-state index contributed by atoms with van der Waals surface area (Å²) in [5.74, 6) is -0.495. The number of hydrogen-bond donors (Lipinski definition) is 3. The van der Waals surface area contributed by atoms with Crippen LogP contribution >= 0.6 is 0 Å². The molecule has 32 heavy (non-hydrogen) atoms. The van der Waals surface area contributed by atoms with Crippen LogP contribution in [0.3, 0.4) is 0 Å². The second-order valence-electron chi connectivity index (χ2n) is 8.62. The zero-order valence-corrected chi connectivity index (χ0v) is 17.4. The van der Waals surface area contributed by atoms with E-state index in [1.54, 1.807) is 4.90 Å². The van der Waals surface area contributed by atoms with Gasteiger partial charge in [-0.25, -0.2) is 18.4 Å². The van der Waals surface area contributed by atoms with Gasteiger partial charge in [0.15, 0.2) is 0 Å². The number of anilines is 1. The average Bonchev–Trinajstić information content (AvgIpc) is 3.17. The fraction of sp³-hybridized carbons (Fsp3) is 0.476. The number of carbonyl (C=O) groups is 1. The zero-order chi connectivity index (χ0) is 22.4. The topological polar surface area (TPSA) is 109 Å². The van der Waals surface area contributed by atoms with Crippen LogP contribution in [-0.2, 0) is 6.54 Å². The quantitative estimate of drug-likeness (QED) is 0.626. The number of nitrogens with one attached hydrogen (secondary N) is 2. The first-order chi connectivity index (χ1) is 15.4. The molecule has 1 aliphatic carbocycles. The number of hydrogen-bond acceptors (Lipinski definition) is 6. The minimum Gasteiger partial charge on any atom is -0.327 e. The zero-order valence-electron chi connectivity index (χ0n) is 17.4. The summed E-state index contributed by atoms with van der Waals surface area (Å²) in [5.41, 5.74) is 5.18. The summed E-state index contributed by atoms with van der Waals surface area (Å²) in [6.45, 7) is 4.17. The minimum absolute atomic E-state index is 0.0236. The number of aromatic nitrogens is 2. The Balaban J connectivity index is 1.30. The van der Waals surface area contributed by atoms with Crippen molar-refractivity contribution in [2.24, 2.45) is 17.6 Å². The molecule has 11 heteroatoms. The number of urea groups is 1. The Hall–Kier alpha value is -2.89. The SMILES string of the molecule is NC1C2CN(Cc3c(F)cc(-n4ccc(NC(=O)N5CCNCC5)nc4=O)cc3F)CC12. The van der Waals surface area contributed by atoms with Crippen LogP contribution in [0.15, 0.2) is 29.2 Å². The van der Waals surface area contributed by atoms with Gasteiger partial charge in [0.1, 0.15) is 17.5 Å². The molecule has 3 heterocycles. The number of amides is 2. The Bertz CT molecular complexity index is 1070. The molecule has 4 N–H and O–H groups in total. The number of rotatable bonds is 4. The first-order valence-corrected chi connectivity index (χ1v) is 10.7. The van der Waals surface area contributed by atoms with Crippen LogP contribution < -0.4 is 22.1 Å². The van der Waals surface area contributed by atoms with Crippen LogP contribution in [0, 0.1) is 23.5 Å². The van der Waals surface area contributed by atoms with Crippen LogP contribution in [0.25, 0.3) is 5.69 Å². The monoisotopic (exact) mass is 445 g/mol. The van der Waals surface area contributed by atoms with E-state index < -0.39 is 17.3 Å². The summed E-state index contributed by atoms with van der Waals surface area (Å²) in [7, 11) is 0. The van der Waals surface area contributed by atoms with Crippen molar-refractivity contribution < 1.29 is 13.6 Å². The molecule has 9 nitrogen and oxygen atoms in total. The maximum absolute atomic E-state index is 14.7. The number of nitrogens with zero attached hydrogens (tertiary/aromatic N) is 4. The lowest BCUT2D eigenvalue weighted by Gasteiger charge is -2.27. The summed E-state index contributed by atoms with van der Waals surface area (Å²) in [5, 5.41) is 5.73. The summed E-state index contributed by atoms with van der Waals surface area (Å²) in [6.07, 6.45) is 1.34. The van der Waals surface area contributed by atoms with E-state index in [1.807, 2.05) is 4.90 Å². The molecule has 3 aliphatic rings. The molecule has 0 radical (unpaired) electrons. The molecule has 0 spiro atoms. The standard InChI is InChI=1S/C21H25F2N7O2/c22-16-7-12(8-17(23)15(16)11-28-9-13-14(10-28)19(13)24)30-4-1-18(27-21(30)32)26-20(31)29-5-2-25-3-6-29/h1,4,7-8,13-14,19,25H,2-3,5-6,9-11,24H2,(H,26,27,31,32). The van der Waals surface area contributed by atoms with Crippen LogP contribution in [-0.4, -0.2) is 70.7 Å². The Morgan fingerprint density at radius 1 is 1.19 bits per heavy atom. The third-order valence-electron chi connectivity index (χ3n) is 6.56. The second kappa shape index (κ2) is 8.23. The molecule has 170 valence electrons. The van der Waals surface area contributed by atoms with E-state index in [1.165, 1.54) is 12.3 Å². The van der Waals surface area contributed by atoms with Crippen molar-refractivity contribution in [1.29, 1.82) is 0 Å². The van der Waals surface area contributed by atoms with E-state index in [-0.39, 0.29) is 35.7 Å². The normalized spacial score (nSPS) is 25.0. The second-order valence-corrected chi connectivity index (χ2v) is 8.62. The van der Waals surface area contributed by atoms with Gasteiger partial charge in [0.2, 0.25) is 0 Å². The Kier molecular flexibility index (Phi) is 5.39. The van der Waals surface area contributed by atoms with Crippen molar-refractivity contribution in [2.75, 3.05) is 44.6 Å². The molecule has 0 bridgehead atoms. The van der Waals surface area contributed by atoms with E-state index in [2.05, 4.69) is 15.6 Å². The van der Waals surface area contributed by atoms with Gasteiger partial charge in [-0.3, -0.25) is 14.8 Å². The average molecular weight is 445 g/mol. The van der Waals surface area contributed by atoms with E-state index in [0.29, 0.717) is 38.0 Å². The molecule has 3 fully saturated rings. The molecular weight excluding hydrogens is 420 g/mol. The predicted molar refractivity (Wildman–Crippen MR) is 113 cm³/mol. The van der Waals surface area contributed by atoms with Gasteiger partial charge in [-0.05, 0) is 30.0 Å². The molecule has 2 saturated heterocycles. The number of piperazine rings is 1. The van der Waals surface area contributed by atoms with Gasteiger partial charge in [-0.15, -0.1) is 0 Å². The third-order valence-corrected chi connectivity index (χ3v) is 6.56. The number of likely N-dealkylation sites (tertiary alicyclic amines) is 1. The number of benzene rings is 1. The number of fused-ring (bicyclic) bond motifs is 1. The maximum atomic E-state index is 14.7. The summed E-state index contributed by atoms with van der Waals surface area (Å²) < 4.78 is 30.5. The summed E-state index contributed by atoms with van der Waals surface area (Å²) >= 11 is 0. The summed E-state index contributed by atoms with van der Waals surface area (Å²) in [6, 6.07) is 3.54. The fourth-order valence-corrected chi connectivity index (χ4v) is 4.62. The van der Waals surface area contributed by atoms with Crippen molar-refractivity contribution in [3.8, 4) is 5.69 Å². The number of carbonyl (C=O) groups excluding carboxylic acids is 1. The molecular formula is C21H25F2N7O2. The highest BCUT2D eigenvalue weighted by Gasteiger charge is 2.53. The third kappa shape index (κ3) is 3.98. The first-order valence-electron chi connectivity index (χ1n) is 10.7. The molecule has 2 aromatic rings. The van der Waals surface area contributed by atoms with Gasteiger partial charge in [-0.2, -0.15) is 4.98 Å². The van der Waals surface area contributed by atoms with Crippen LogP contribution in [0.5, 0.6) is 0 Å². The molecule has 2 aliphatic heterocycles. The Morgan fingerprint density at radius 2 is 1.84 bits per heavy atom. The van der Waals surface area contributed by atoms with E-state index in [0.717, 1.165) is 29.8 Å². The van der Waals surface area contributed by atoms with Crippen molar-refractivity contribution in [3.05, 3.63) is 52.1 Å². The van der Waals surface area contributed by atoms with Crippen LogP contribution in [0.1, 0.15) is 5.56 Å². The number of halogens is 2. The fourth-order valence-electron chi connectivity index (χ4n) is 4.62. The van der Waals surface area contributed by atoms with Gasteiger partial charge in [0, 0.05) is 63.6 Å². The predicted octanol–water partition coefficient (Wildman–Crippen LogP) is 0.337. The van der Waals surface area contributed by atoms with Crippen LogP contribution in [0.2, 0.25) is 0 Å². The molecule has 1 saturated carbocycles. The maximum Gasteiger partial charge on any atom is 0.354 e. The van der Waals surface area contributed by atoms with Gasteiger partial charge in [0.25, 0.3) is 0 Å². The summed E-state index contributed by atoms with van der Waals surface area (Å²) in [4.78, 5) is 32.2. The van der Waals surface area contributed by atoms with Gasteiger partial charge in [0.05, 0.1) is 5.69 Å². The molecule has 2 atom stereocenters. The van der Waals surface area contributed by atoms with Gasteiger partial charge < -0.3 is 16.0 Å². The van der Waals surface area contributed by atoms with Crippen LogP contribution in [0.4, 0.5) is 19.4 Å². The smallest absolute Gasteiger partial charge is 0.327 e. The lowest BCUT2D eigenvalue weighted by Crippen LogP contribution is -2.48. The van der Waals surface area contributed by atoms with E-state index >= 15 is 0 Å². The molecule has 1 aromatic carbocycles. The van der Waals surface area contributed by atoms with Crippen molar-refractivity contribution >= 4 is 11.8 Å². The van der Waals surface area contributed by atoms with Gasteiger partial charge >= 0.3 is 11.7 Å². The van der Waals surface area contributed by atoms with E-state index in [4.69, 9.17) is 5.73 Å². The lowest BCUT2D eigenvalue weighted by molar-refractivity contribution is 0.204. The largest absolute Gasteiger partial charge is 0.354 e. The Morgan fingerprint density at radius 3 is 2.47 bits per heavy atom. The highest BCUT2D eigenvalue weighted by molar-refractivity contribution is 5.88. The highest BCUT2D eigenvalue weighted by Crippen LogP contribution is 2.44. The van der Waals surface area contributed by atoms with Crippen molar-refractivity contribution in [3.63, 3.8) is 0 Å². The first kappa shape index (κ1) is 21.0. The minimum atomic E-state index is -0.747. The highest BCUT2D eigenvalue weighted by atomic mass is 19.1. The number of nitrogens with two attached hydrogens (primary N) is 1. The molecule has 2 amide bonds.